The van der Waals surface area contributed by atoms with E-state index in [9.17, 15) is 13.2 Å². The molecule has 0 aliphatic rings. The van der Waals surface area contributed by atoms with E-state index < -0.39 is 17.8 Å². The van der Waals surface area contributed by atoms with Crippen molar-refractivity contribution in [3.8, 4) is 0 Å². The Morgan fingerprint density at radius 1 is 0.810 bits per heavy atom. The lowest BCUT2D eigenvalue weighted by Crippen LogP contribution is -2.24. The van der Waals surface area contributed by atoms with Gasteiger partial charge in [-0.3, -0.25) is 0 Å². The van der Waals surface area contributed by atoms with E-state index in [4.69, 9.17) is 0 Å². The molecule has 1 N–H and O–H groups in total. The fourth-order valence-corrected chi connectivity index (χ4v) is 2.44. The van der Waals surface area contributed by atoms with Crippen LogP contribution in [0.15, 0.2) is 54.6 Å². The van der Waals surface area contributed by atoms with Crippen molar-refractivity contribution in [2.75, 3.05) is 0 Å². The Morgan fingerprint density at radius 2 is 1.38 bits per heavy atom. The summed E-state index contributed by atoms with van der Waals surface area (Å²) in [6.07, 6.45) is -4.33. The SMILES string of the molecule is CC(N[C@@H](C)c1ccccc1)c1ccccc1C(F)(F)F. The Kier molecular flexibility index (Phi) is 4.68. The molecule has 0 amide bonds. The lowest BCUT2D eigenvalue weighted by atomic mass is 9.99. The molecule has 0 saturated heterocycles. The minimum absolute atomic E-state index is 0.0255. The number of nitrogens with one attached hydrogen (secondary N) is 1. The van der Waals surface area contributed by atoms with Gasteiger partial charge in [0, 0.05) is 12.1 Å². The van der Waals surface area contributed by atoms with Crippen molar-refractivity contribution < 1.29 is 13.2 Å². The summed E-state index contributed by atoms with van der Waals surface area (Å²) in [4.78, 5) is 0. The van der Waals surface area contributed by atoms with Crippen LogP contribution in [0.1, 0.15) is 42.6 Å². The van der Waals surface area contributed by atoms with Gasteiger partial charge in [-0.05, 0) is 31.0 Å². The van der Waals surface area contributed by atoms with Gasteiger partial charge in [-0.1, -0.05) is 48.5 Å². The highest BCUT2D eigenvalue weighted by atomic mass is 19.4. The highest BCUT2D eigenvalue weighted by Gasteiger charge is 2.34. The summed E-state index contributed by atoms with van der Waals surface area (Å²) in [6.45, 7) is 3.70. The molecule has 2 rings (SSSR count). The van der Waals surface area contributed by atoms with Crippen LogP contribution in [0.4, 0.5) is 13.2 Å². The molecule has 2 aromatic carbocycles. The second kappa shape index (κ2) is 6.31. The third kappa shape index (κ3) is 3.85. The van der Waals surface area contributed by atoms with E-state index in [1.165, 1.54) is 12.1 Å². The van der Waals surface area contributed by atoms with Gasteiger partial charge in [0.2, 0.25) is 0 Å². The molecule has 2 aromatic rings. The molecule has 4 heteroatoms. The van der Waals surface area contributed by atoms with E-state index in [0.717, 1.165) is 11.6 Å². The zero-order valence-corrected chi connectivity index (χ0v) is 12.0. The molecule has 0 aliphatic heterocycles. The number of hydrogen-bond donors (Lipinski definition) is 1. The van der Waals surface area contributed by atoms with Crippen molar-refractivity contribution in [1.82, 2.24) is 5.32 Å². The third-order valence-corrected chi connectivity index (χ3v) is 3.53. The number of alkyl halides is 3. The van der Waals surface area contributed by atoms with Crippen molar-refractivity contribution in [3.05, 3.63) is 71.3 Å². The van der Waals surface area contributed by atoms with E-state index in [-0.39, 0.29) is 11.6 Å². The highest BCUT2D eigenvalue weighted by molar-refractivity contribution is 5.32. The molecular formula is C17H18F3N. The van der Waals surface area contributed by atoms with Gasteiger partial charge in [-0.15, -0.1) is 0 Å². The van der Waals surface area contributed by atoms with E-state index in [0.29, 0.717) is 0 Å². The summed E-state index contributed by atoms with van der Waals surface area (Å²) >= 11 is 0. The van der Waals surface area contributed by atoms with Crippen molar-refractivity contribution in [2.24, 2.45) is 0 Å². The van der Waals surface area contributed by atoms with Gasteiger partial charge in [0.1, 0.15) is 0 Å². The van der Waals surface area contributed by atoms with E-state index in [2.05, 4.69) is 5.32 Å². The normalized spacial score (nSPS) is 14.7. The second-order valence-electron chi connectivity index (χ2n) is 5.11. The minimum atomic E-state index is -4.33. The van der Waals surface area contributed by atoms with Crippen LogP contribution in [-0.4, -0.2) is 0 Å². The van der Waals surface area contributed by atoms with Gasteiger partial charge in [-0.25, -0.2) is 0 Å². The van der Waals surface area contributed by atoms with Crippen LogP contribution in [0.3, 0.4) is 0 Å². The maximum Gasteiger partial charge on any atom is 0.416 e. The average Bonchev–Trinajstić information content (AvgIpc) is 2.47. The van der Waals surface area contributed by atoms with E-state index in [1.807, 2.05) is 37.3 Å². The van der Waals surface area contributed by atoms with Crippen molar-refractivity contribution in [2.45, 2.75) is 32.1 Å². The smallest absolute Gasteiger partial charge is 0.304 e. The first-order valence-electron chi connectivity index (χ1n) is 6.86. The van der Waals surface area contributed by atoms with Crippen LogP contribution in [0.2, 0.25) is 0 Å². The molecule has 1 unspecified atom stereocenters. The summed E-state index contributed by atoms with van der Waals surface area (Å²) in [5.41, 5.74) is 0.742. The topological polar surface area (TPSA) is 12.0 Å². The zero-order chi connectivity index (χ0) is 15.5. The van der Waals surface area contributed by atoms with Gasteiger partial charge in [0.05, 0.1) is 5.56 Å². The largest absolute Gasteiger partial charge is 0.416 e. The molecule has 112 valence electrons. The van der Waals surface area contributed by atoms with Crippen LogP contribution in [0.25, 0.3) is 0 Å². The van der Waals surface area contributed by atoms with Crippen molar-refractivity contribution in [1.29, 1.82) is 0 Å². The Labute approximate surface area is 122 Å². The first-order chi connectivity index (χ1) is 9.89. The summed E-state index contributed by atoms with van der Waals surface area (Å²) in [6, 6.07) is 15.0. The van der Waals surface area contributed by atoms with Crippen molar-refractivity contribution in [3.63, 3.8) is 0 Å². The van der Waals surface area contributed by atoms with E-state index in [1.54, 1.807) is 13.0 Å². The molecule has 21 heavy (non-hydrogen) atoms. The van der Waals surface area contributed by atoms with Crippen LogP contribution in [0.5, 0.6) is 0 Å². The molecule has 0 aromatic heterocycles. The lowest BCUT2D eigenvalue weighted by Gasteiger charge is -2.23. The second-order valence-corrected chi connectivity index (χ2v) is 5.11. The molecule has 0 aliphatic carbocycles. The Bertz CT molecular complexity index is 578. The maximum absolute atomic E-state index is 13.0. The minimum Gasteiger partial charge on any atom is -0.304 e. The number of rotatable bonds is 4. The van der Waals surface area contributed by atoms with Crippen LogP contribution >= 0.6 is 0 Å². The molecule has 0 spiro atoms. The molecule has 1 nitrogen and oxygen atoms in total. The van der Waals surface area contributed by atoms with Gasteiger partial charge in [0.25, 0.3) is 0 Å². The summed E-state index contributed by atoms with van der Waals surface area (Å²) in [7, 11) is 0. The van der Waals surface area contributed by atoms with Gasteiger partial charge >= 0.3 is 6.18 Å². The first kappa shape index (κ1) is 15.6. The monoisotopic (exact) mass is 293 g/mol. The Balaban J connectivity index is 2.20. The lowest BCUT2D eigenvalue weighted by molar-refractivity contribution is -0.138. The molecule has 0 fully saturated rings. The number of benzene rings is 2. The fraction of sp³-hybridized carbons (Fsp3) is 0.294. The van der Waals surface area contributed by atoms with Crippen LogP contribution in [0, 0.1) is 0 Å². The Hall–Kier alpha value is -1.81. The Morgan fingerprint density at radius 3 is 2.00 bits per heavy atom. The first-order valence-corrected chi connectivity index (χ1v) is 6.86. The maximum atomic E-state index is 13.0. The van der Waals surface area contributed by atoms with Crippen LogP contribution < -0.4 is 5.32 Å². The van der Waals surface area contributed by atoms with Gasteiger partial charge in [-0.2, -0.15) is 13.2 Å². The molecule has 0 heterocycles. The molecule has 0 saturated carbocycles. The molecule has 0 bridgehead atoms. The number of halogens is 3. The van der Waals surface area contributed by atoms with E-state index >= 15 is 0 Å². The highest BCUT2D eigenvalue weighted by Crippen LogP contribution is 2.35. The molecule has 2 atom stereocenters. The van der Waals surface area contributed by atoms with Crippen LogP contribution in [-0.2, 0) is 6.18 Å². The van der Waals surface area contributed by atoms with Crippen molar-refractivity contribution >= 4 is 0 Å². The summed E-state index contributed by atoms with van der Waals surface area (Å²) in [5.74, 6) is 0. The molecular weight excluding hydrogens is 275 g/mol. The zero-order valence-electron chi connectivity index (χ0n) is 12.0. The predicted octanol–water partition coefficient (Wildman–Crippen LogP) is 5.12. The summed E-state index contributed by atoms with van der Waals surface area (Å²) < 4.78 is 39.1. The number of hydrogen-bond acceptors (Lipinski definition) is 1. The van der Waals surface area contributed by atoms with Gasteiger partial charge < -0.3 is 5.32 Å². The predicted molar refractivity (Wildman–Crippen MR) is 77.9 cm³/mol. The third-order valence-electron chi connectivity index (χ3n) is 3.53. The standard InChI is InChI=1S/C17H18F3N/c1-12(14-8-4-3-5-9-14)21-13(2)15-10-6-7-11-16(15)17(18,19)20/h3-13,21H,1-2H3/t12-,13?/m0/s1. The average molecular weight is 293 g/mol. The molecule has 0 radical (unpaired) electrons. The summed E-state index contributed by atoms with van der Waals surface area (Å²) in [5, 5.41) is 3.22. The fourth-order valence-electron chi connectivity index (χ4n) is 2.44. The quantitative estimate of drug-likeness (QED) is 0.825. The van der Waals surface area contributed by atoms with Gasteiger partial charge in [0.15, 0.2) is 0 Å².